The molecular weight excluding hydrogens is 250 g/mol. The normalized spacial score (nSPS) is 12.4. The molecule has 2 rings (SSSR count). The number of aromatic amines is 1. The zero-order valence-electron chi connectivity index (χ0n) is 10.4. The summed E-state index contributed by atoms with van der Waals surface area (Å²) >= 11 is 6.08. The van der Waals surface area contributed by atoms with E-state index in [1.54, 1.807) is 7.11 Å². The number of methoxy groups -OCH3 is 1. The Labute approximate surface area is 111 Å². The Kier molecular flexibility index (Phi) is 4.23. The summed E-state index contributed by atoms with van der Waals surface area (Å²) in [5.74, 6) is 0.697. The number of benzene rings is 1. The first kappa shape index (κ1) is 12.9. The van der Waals surface area contributed by atoms with E-state index in [0.717, 1.165) is 17.7 Å². The molecule has 1 heterocycles. The van der Waals surface area contributed by atoms with E-state index in [4.69, 9.17) is 16.3 Å². The third-order valence-electron chi connectivity index (χ3n) is 2.85. The molecule has 4 nitrogen and oxygen atoms in total. The summed E-state index contributed by atoms with van der Waals surface area (Å²) < 4.78 is 5.12. The van der Waals surface area contributed by atoms with Crippen LogP contribution in [-0.2, 0) is 6.54 Å². The molecule has 0 spiro atoms. The third-order valence-corrected chi connectivity index (χ3v) is 3.14. The molecule has 96 valence electrons. The predicted molar refractivity (Wildman–Crippen MR) is 71.8 cm³/mol. The molecule has 2 aromatic rings. The summed E-state index contributed by atoms with van der Waals surface area (Å²) in [6.45, 7) is 2.84. The smallest absolute Gasteiger partial charge is 0.137 e. The molecule has 0 amide bonds. The van der Waals surface area contributed by atoms with Gasteiger partial charge < -0.3 is 10.1 Å². The SMILES string of the molecule is COc1ccc(CNC(C)c2cn[nH]c2)cc1Cl. The van der Waals surface area contributed by atoms with Crippen molar-refractivity contribution in [2.45, 2.75) is 19.5 Å². The fraction of sp³-hybridized carbons (Fsp3) is 0.308. The lowest BCUT2D eigenvalue weighted by atomic mass is 10.1. The van der Waals surface area contributed by atoms with Crippen molar-refractivity contribution in [1.29, 1.82) is 0 Å². The second-order valence-electron chi connectivity index (χ2n) is 4.10. The average Bonchev–Trinajstić information content (AvgIpc) is 2.90. The molecule has 0 saturated carbocycles. The molecule has 1 unspecified atom stereocenters. The standard InChI is InChI=1S/C13H16ClN3O/c1-9(11-7-16-17-8-11)15-6-10-3-4-13(18-2)12(14)5-10/h3-5,7-9,15H,6H2,1-2H3,(H,16,17). The molecule has 0 bridgehead atoms. The van der Waals surface area contributed by atoms with Gasteiger partial charge in [0.1, 0.15) is 5.75 Å². The maximum atomic E-state index is 6.08. The van der Waals surface area contributed by atoms with Crippen LogP contribution >= 0.6 is 11.6 Å². The number of H-pyrrole nitrogens is 1. The lowest BCUT2D eigenvalue weighted by Crippen LogP contribution is -2.17. The van der Waals surface area contributed by atoms with E-state index in [-0.39, 0.29) is 6.04 Å². The average molecular weight is 266 g/mol. The number of nitrogens with zero attached hydrogens (tertiary/aromatic N) is 1. The summed E-state index contributed by atoms with van der Waals surface area (Å²) in [6.07, 6.45) is 3.71. The Balaban J connectivity index is 1.96. The molecule has 0 fully saturated rings. The summed E-state index contributed by atoms with van der Waals surface area (Å²) in [5.41, 5.74) is 2.26. The van der Waals surface area contributed by atoms with E-state index in [0.29, 0.717) is 10.8 Å². The van der Waals surface area contributed by atoms with Crippen molar-refractivity contribution in [3.05, 3.63) is 46.7 Å². The van der Waals surface area contributed by atoms with Crippen LogP contribution in [0.1, 0.15) is 24.1 Å². The Morgan fingerprint density at radius 3 is 2.94 bits per heavy atom. The van der Waals surface area contributed by atoms with Gasteiger partial charge in [-0.15, -0.1) is 0 Å². The molecule has 18 heavy (non-hydrogen) atoms. The Morgan fingerprint density at radius 2 is 2.33 bits per heavy atom. The van der Waals surface area contributed by atoms with Crippen LogP contribution in [0.4, 0.5) is 0 Å². The number of hydrogen-bond acceptors (Lipinski definition) is 3. The maximum absolute atomic E-state index is 6.08. The number of halogens is 1. The number of rotatable bonds is 5. The van der Waals surface area contributed by atoms with Crippen LogP contribution in [0, 0.1) is 0 Å². The second-order valence-corrected chi connectivity index (χ2v) is 4.51. The van der Waals surface area contributed by atoms with E-state index in [2.05, 4.69) is 22.4 Å². The molecule has 0 aliphatic carbocycles. The minimum absolute atomic E-state index is 0.240. The van der Waals surface area contributed by atoms with Crippen LogP contribution in [0.3, 0.4) is 0 Å². The van der Waals surface area contributed by atoms with Crippen LogP contribution in [0.5, 0.6) is 5.75 Å². The monoisotopic (exact) mass is 265 g/mol. The van der Waals surface area contributed by atoms with Crippen molar-refractivity contribution in [1.82, 2.24) is 15.5 Å². The lowest BCUT2D eigenvalue weighted by Gasteiger charge is -2.12. The molecule has 5 heteroatoms. The van der Waals surface area contributed by atoms with E-state index >= 15 is 0 Å². The number of aromatic nitrogens is 2. The van der Waals surface area contributed by atoms with Crippen molar-refractivity contribution < 1.29 is 4.74 Å². The first-order valence-corrected chi connectivity index (χ1v) is 6.13. The summed E-state index contributed by atoms with van der Waals surface area (Å²) in [7, 11) is 1.61. The Hall–Kier alpha value is -1.52. The number of nitrogens with one attached hydrogen (secondary N) is 2. The first-order valence-electron chi connectivity index (χ1n) is 5.75. The molecule has 0 aliphatic heterocycles. The second kappa shape index (κ2) is 5.89. The van der Waals surface area contributed by atoms with Gasteiger partial charge in [0.05, 0.1) is 18.3 Å². The van der Waals surface area contributed by atoms with Gasteiger partial charge in [-0.3, -0.25) is 5.10 Å². The van der Waals surface area contributed by atoms with Crippen LogP contribution in [-0.4, -0.2) is 17.3 Å². The molecule has 0 saturated heterocycles. The zero-order chi connectivity index (χ0) is 13.0. The molecule has 1 aromatic heterocycles. The van der Waals surface area contributed by atoms with Crippen molar-refractivity contribution in [3.8, 4) is 5.75 Å². The highest BCUT2D eigenvalue weighted by molar-refractivity contribution is 6.32. The highest BCUT2D eigenvalue weighted by Crippen LogP contribution is 2.25. The molecule has 2 N–H and O–H groups in total. The predicted octanol–water partition coefficient (Wildman–Crippen LogP) is 2.92. The van der Waals surface area contributed by atoms with E-state index in [1.165, 1.54) is 0 Å². The van der Waals surface area contributed by atoms with Gasteiger partial charge >= 0.3 is 0 Å². The van der Waals surface area contributed by atoms with E-state index < -0.39 is 0 Å². The van der Waals surface area contributed by atoms with Crippen molar-refractivity contribution in [3.63, 3.8) is 0 Å². The first-order chi connectivity index (χ1) is 8.70. The number of ether oxygens (including phenoxy) is 1. The lowest BCUT2D eigenvalue weighted by molar-refractivity contribution is 0.414. The minimum atomic E-state index is 0.240. The van der Waals surface area contributed by atoms with Gasteiger partial charge in [-0.1, -0.05) is 17.7 Å². The molecule has 1 atom stereocenters. The third kappa shape index (κ3) is 3.03. The van der Waals surface area contributed by atoms with Gasteiger partial charge in [0.2, 0.25) is 0 Å². The largest absolute Gasteiger partial charge is 0.495 e. The maximum Gasteiger partial charge on any atom is 0.137 e. The van der Waals surface area contributed by atoms with Gasteiger partial charge in [-0.2, -0.15) is 5.10 Å². The summed E-state index contributed by atoms with van der Waals surface area (Å²) in [4.78, 5) is 0. The van der Waals surface area contributed by atoms with Gasteiger partial charge in [0.25, 0.3) is 0 Å². The van der Waals surface area contributed by atoms with Gasteiger partial charge in [-0.25, -0.2) is 0 Å². The van der Waals surface area contributed by atoms with Gasteiger partial charge in [-0.05, 0) is 24.6 Å². The zero-order valence-corrected chi connectivity index (χ0v) is 11.2. The van der Waals surface area contributed by atoms with Crippen LogP contribution in [0.25, 0.3) is 0 Å². The summed E-state index contributed by atoms with van der Waals surface area (Å²) in [6, 6.07) is 6.03. The Morgan fingerprint density at radius 1 is 1.50 bits per heavy atom. The fourth-order valence-corrected chi connectivity index (χ4v) is 1.99. The van der Waals surface area contributed by atoms with E-state index in [9.17, 15) is 0 Å². The number of hydrogen-bond donors (Lipinski definition) is 2. The highest BCUT2D eigenvalue weighted by Gasteiger charge is 2.07. The van der Waals surface area contributed by atoms with Crippen molar-refractivity contribution >= 4 is 11.6 Å². The molecule has 0 radical (unpaired) electrons. The van der Waals surface area contributed by atoms with Gasteiger partial charge in [0, 0.05) is 24.3 Å². The van der Waals surface area contributed by atoms with Crippen LogP contribution in [0.2, 0.25) is 5.02 Å². The van der Waals surface area contributed by atoms with Crippen molar-refractivity contribution in [2.75, 3.05) is 7.11 Å². The van der Waals surface area contributed by atoms with Crippen molar-refractivity contribution in [2.24, 2.45) is 0 Å². The highest BCUT2D eigenvalue weighted by atomic mass is 35.5. The van der Waals surface area contributed by atoms with Crippen LogP contribution < -0.4 is 10.1 Å². The molecule has 0 aliphatic rings. The van der Waals surface area contributed by atoms with E-state index in [1.807, 2.05) is 30.6 Å². The minimum Gasteiger partial charge on any atom is -0.495 e. The Bertz CT molecular complexity index is 499. The quantitative estimate of drug-likeness (QED) is 0.874. The topological polar surface area (TPSA) is 49.9 Å². The fourth-order valence-electron chi connectivity index (χ4n) is 1.71. The molecular formula is C13H16ClN3O. The molecule has 1 aromatic carbocycles. The van der Waals surface area contributed by atoms with Gasteiger partial charge in [0.15, 0.2) is 0 Å². The summed E-state index contributed by atoms with van der Waals surface area (Å²) in [5, 5.41) is 10.8. The van der Waals surface area contributed by atoms with Crippen LogP contribution in [0.15, 0.2) is 30.6 Å².